The van der Waals surface area contributed by atoms with Gasteiger partial charge in [0.15, 0.2) is 0 Å². The van der Waals surface area contributed by atoms with Crippen LogP contribution >= 0.6 is 8.88 Å². The second kappa shape index (κ2) is 17.0. The van der Waals surface area contributed by atoms with Crippen molar-refractivity contribution in [3.8, 4) is 0 Å². The predicted molar refractivity (Wildman–Crippen MR) is 234 cm³/mol. The number of nitrogens with zero attached hydrogens (tertiary/aromatic N) is 5. The molecule has 7 rings (SSSR count). The van der Waals surface area contributed by atoms with Crippen LogP contribution in [0, 0.1) is 0 Å². The van der Waals surface area contributed by atoms with Gasteiger partial charge in [-0.3, -0.25) is 14.5 Å². The average Bonchev–Trinajstić information content (AvgIpc) is 3.55. The van der Waals surface area contributed by atoms with Crippen LogP contribution in [0.5, 0.6) is 0 Å². The summed E-state index contributed by atoms with van der Waals surface area (Å²) >= 11 is 0. The second-order valence-electron chi connectivity index (χ2n) is 23.9. The highest BCUT2D eigenvalue weighted by atomic mass is 31.1. The second-order valence-corrected chi connectivity index (χ2v) is 25.5. The third kappa shape index (κ3) is 9.99. The Morgan fingerprint density at radius 1 is 0.421 bits per heavy atom. The standard InChI is InChI=1S/C47H89N5O4P/c1-42(2)30-36(31-43(3,4)49(42)53-38-22-16-13-17-23-38)48-28-29-52(57-48,37-32-44(5,6)50(45(7,8)33-37)54-39-24-18-14-19-25-39)56-41-34-46(9,10)51(47(11,12)35-41)55-40-26-20-15-21-27-40/h36-41,57H,13-35H2,1-12H3/q+1. The predicted octanol–water partition coefficient (Wildman–Crippen LogP) is 11.4. The first-order valence-electron chi connectivity index (χ1n) is 24.1. The molecule has 0 radical (unpaired) electrons. The van der Waals surface area contributed by atoms with E-state index in [9.17, 15) is 0 Å². The van der Waals surface area contributed by atoms with Crippen molar-refractivity contribution in [3.63, 3.8) is 0 Å². The van der Waals surface area contributed by atoms with Gasteiger partial charge in [0.2, 0.25) is 8.88 Å². The summed E-state index contributed by atoms with van der Waals surface area (Å²) in [5.41, 5.74) is -0.524. The molecule has 3 aliphatic carbocycles. The quantitative estimate of drug-likeness (QED) is 0.202. The Bertz CT molecular complexity index is 1280. The maximum atomic E-state index is 7.94. The largest absolute Gasteiger partial charge is 0.295 e. The molecular formula is C47H89N5O4P+. The molecule has 2 atom stereocenters. The van der Waals surface area contributed by atoms with Gasteiger partial charge in [-0.15, -0.1) is 0 Å². The van der Waals surface area contributed by atoms with Crippen molar-refractivity contribution in [3.05, 3.63) is 0 Å². The molecule has 7 aliphatic rings. The monoisotopic (exact) mass is 819 g/mol. The first-order valence-corrected chi connectivity index (χ1v) is 25.0. The summed E-state index contributed by atoms with van der Waals surface area (Å²) in [5.74, 6) is 0. The van der Waals surface area contributed by atoms with E-state index in [4.69, 9.17) is 19.4 Å². The molecule has 7 fully saturated rings. The van der Waals surface area contributed by atoms with E-state index < -0.39 is 0 Å². The third-order valence-corrected chi connectivity index (χ3v) is 17.3. The fourth-order valence-corrected chi connectivity index (χ4v) is 15.3. The summed E-state index contributed by atoms with van der Waals surface area (Å²) in [6.07, 6.45) is 26.6. The van der Waals surface area contributed by atoms with Gasteiger partial charge in [-0.05, 0) is 147 Å². The molecule has 330 valence electrons. The summed E-state index contributed by atoms with van der Waals surface area (Å²) in [6, 6.07) is 0.889. The topological polar surface area (TPSA) is 49.9 Å². The normalized spacial score (nSPS) is 34.9. The Labute approximate surface area is 352 Å². The van der Waals surface area contributed by atoms with Crippen LogP contribution in [0.15, 0.2) is 0 Å². The van der Waals surface area contributed by atoms with Gasteiger partial charge in [-0.25, -0.2) is 4.67 Å². The van der Waals surface area contributed by atoms with Crippen molar-refractivity contribution >= 4 is 8.88 Å². The van der Waals surface area contributed by atoms with Crippen LogP contribution in [0.4, 0.5) is 0 Å². The van der Waals surface area contributed by atoms with Crippen molar-refractivity contribution in [1.29, 1.82) is 0 Å². The minimum Gasteiger partial charge on any atom is -0.295 e. The van der Waals surface area contributed by atoms with Crippen molar-refractivity contribution in [2.24, 2.45) is 0 Å². The molecular weight excluding hydrogens is 730 g/mol. The van der Waals surface area contributed by atoms with Gasteiger partial charge in [0.25, 0.3) is 0 Å². The lowest BCUT2D eigenvalue weighted by molar-refractivity contribution is -1.03. The number of hydroxylamine groups is 8. The highest BCUT2D eigenvalue weighted by molar-refractivity contribution is 7.28. The first-order chi connectivity index (χ1) is 26.6. The minimum absolute atomic E-state index is 0.0432. The maximum absolute atomic E-state index is 7.94. The molecule has 9 nitrogen and oxygen atoms in total. The molecule has 3 saturated carbocycles. The number of piperidine rings is 3. The van der Waals surface area contributed by atoms with Crippen LogP contribution in [0.25, 0.3) is 0 Å². The fraction of sp³-hybridized carbons (Fsp3) is 1.00. The maximum Gasteiger partial charge on any atom is 0.205 e. The smallest absolute Gasteiger partial charge is 0.205 e. The van der Waals surface area contributed by atoms with Gasteiger partial charge in [-0.1, -0.05) is 57.8 Å². The van der Waals surface area contributed by atoms with E-state index in [0.29, 0.717) is 39.3 Å². The van der Waals surface area contributed by atoms with Crippen LogP contribution in [-0.4, -0.2) is 107 Å². The Morgan fingerprint density at radius 3 is 1.12 bits per heavy atom. The zero-order chi connectivity index (χ0) is 41.1. The highest BCUT2D eigenvalue weighted by Gasteiger charge is 2.61. The lowest BCUT2D eigenvalue weighted by atomic mass is 9.78. The Kier molecular flexibility index (Phi) is 13.4. The van der Waals surface area contributed by atoms with Crippen molar-refractivity contribution in [1.82, 2.24) is 19.9 Å². The Morgan fingerprint density at radius 2 is 0.754 bits per heavy atom. The number of quaternary nitrogens is 1. The van der Waals surface area contributed by atoms with E-state index in [1.165, 1.54) is 96.3 Å². The highest BCUT2D eigenvalue weighted by Crippen LogP contribution is 2.56. The fourth-order valence-electron chi connectivity index (χ4n) is 13.5. The molecule has 4 aliphatic heterocycles. The molecule has 10 heteroatoms. The van der Waals surface area contributed by atoms with E-state index in [-0.39, 0.29) is 39.3 Å². The molecule has 0 spiro atoms. The lowest BCUT2D eigenvalue weighted by Crippen LogP contribution is -2.68. The van der Waals surface area contributed by atoms with E-state index in [0.717, 1.165) is 56.0 Å². The number of hydrogen-bond acceptors (Lipinski definition) is 8. The number of rotatable bonds is 10. The van der Waals surface area contributed by atoms with Crippen LogP contribution in [0.2, 0.25) is 0 Å². The minimum atomic E-state index is -0.120. The van der Waals surface area contributed by atoms with Crippen LogP contribution < -0.4 is 0 Å². The molecule has 4 saturated heterocycles. The van der Waals surface area contributed by atoms with E-state index in [1.54, 1.807) is 0 Å². The molecule has 4 heterocycles. The van der Waals surface area contributed by atoms with E-state index in [2.05, 4.69) is 103 Å². The van der Waals surface area contributed by atoms with E-state index in [1.807, 2.05) is 0 Å². The van der Waals surface area contributed by atoms with Crippen LogP contribution in [0.1, 0.15) is 218 Å². The van der Waals surface area contributed by atoms with Gasteiger partial charge < -0.3 is 0 Å². The van der Waals surface area contributed by atoms with Crippen molar-refractivity contribution < 1.29 is 23.8 Å². The lowest BCUT2D eigenvalue weighted by Gasteiger charge is -2.58. The van der Waals surface area contributed by atoms with Crippen LogP contribution in [0.3, 0.4) is 0 Å². The summed E-state index contributed by atoms with van der Waals surface area (Å²) < 4.78 is 3.66. The van der Waals surface area contributed by atoms with Crippen molar-refractivity contribution in [2.45, 2.75) is 288 Å². The van der Waals surface area contributed by atoms with E-state index >= 15 is 0 Å². The van der Waals surface area contributed by atoms with Gasteiger partial charge >= 0.3 is 0 Å². The molecule has 0 N–H and O–H groups in total. The van der Waals surface area contributed by atoms with Gasteiger partial charge in [0, 0.05) is 52.1 Å². The summed E-state index contributed by atoms with van der Waals surface area (Å²) in [6.45, 7) is 31.4. The van der Waals surface area contributed by atoms with Gasteiger partial charge in [0.1, 0.15) is 18.7 Å². The Balaban J connectivity index is 1.14. The third-order valence-electron chi connectivity index (χ3n) is 15.5. The molecule has 0 aromatic carbocycles. The summed E-state index contributed by atoms with van der Waals surface area (Å²) in [4.78, 5) is 28.9. The zero-order valence-electron chi connectivity index (χ0n) is 39.1. The first kappa shape index (κ1) is 45.1. The summed E-state index contributed by atoms with van der Waals surface area (Å²) in [7, 11) is 0.593. The average molecular weight is 819 g/mol. The molecule has 0 aromatic rings. The van der Waals surface area contributed by atoms with Crippen molar-refractivity contribution in [2.75, 3.05) is 13.1 Å². The molecule has 0 aromatic heterocycles. The van der Waals surface area contributed by atoms with Gasteiger partial charge in [0.05, 0.1) is 24.9 Å². The van der Waals surface area contributed by atoms with Crippen LogP contribution in [-0.2, 0) is 19.4 Å². The Hall–Kier alpha value is 0.0700. The molecule has 0 amide bonds. The molecule has 0 bridgehead atoms. The molecule has 2 unspecified atom stereocenters. The van der Waals surface area contributed by atoms with Gasteiger partial charge in [-0.2, -0.15) is 24.4 Å². The summed E-state index contributed by atoms with van der Waals surface area (Å²) in [5, 5.41) is 7.32. The number of hydrogen-bond donors (Lipinski definition) is 0. The zero-order valence-corrected chi connectivity index (χ0v) is 40.1. The molecule has 57 heavy (non-hydrogen) atoms. The SMILES string of the molecule is CC1(C)CC(O[N+]2(C3CC(C)(C)N(OC4CCCCC4)C(C)(C)C3)CCN(C3CC(C)(C)N(OC4CCCCC4)C(C)(C)C3)P2)CC(C)(C)N1OC1CCCCC1.